The highest BCUT2D eigenvalue weighted by Crippen LogP contribution is 2.32. The SMILES string of the molecule is CCOC(=O)C1=C(COc2ccccc2F)N(C)C(=O)N[C@@H]1c1ccc(OC)cc1. The Bertz CT molecular complexity index is 958. The van der Waals surface area contributed by atoms with Crippen molar-refractivity contribution in [1.82, 2.24) is 10.2 Å². The van der Waals surface area contributed by atoms with Gasteiger partial charge in [0, 0.05) is 7.05 Å². The summed E-state index contributed by atoms with van der Waals surface area (Å²) in [4.78, 5) is 26.7. The molecule has 1 aliphatic heterocycles. The minimum Gasteiger partial charge on any atom is -0.497 e. The number of hydrogen-bond donors (Lipinski definition) is 1. The van der Waals surface area contributed by atoms with Gasteiger partial charge in [-0.25, -0.2) is 14.0 Å². The Morgan fingerprint density at radius 1 is 1.17 bits per heavy atom. The predicted octanol–water partition coefficient (Wildman–Crippen LogP) is 3.43. The lowest BCUT2D eigenvalue weighted by Gasteiger charge is -2.34. The molecule has 2 amide bonds. The summed E-state index contributed by atoms with van der Waals surface area (Å²) >= 11 is 0. The van der Waals surface area contributed by atoms with Gasteiger partial charge in [0.05, 0.1) is 31.0 Å². The molecule has 3 rings (SSSR count). The number of ether oxygens (including phenoxy) is 3. The summed E-state index contributed by atoms with van der Waals surface area (Å²) in [6.45, 7) is 1.67. The zero-order chi connectivity index (χ0) is 21.7. The van der Waals surface area contributed by atoms with Crippen LogP contribution in [0.4, 0.5) is 9.18 Å². The van der Waals surface area contributed by atoms with Gasteiger partial charge >= 0.3 is 12.0 Å². The molecule has 0 saturated heterocycles. The maximum absolute atomic E-state index is 14.0. The molecule has 7 nitrogen and oxygen atoms in total. The lowest BCUT2D eigenvalue weighted by Crippen LogP contribution is -2.48. The summed E-state index contributed by atoms with van der Waals surface area (Å²) in [5.74, 6) is -0.459. The Labute approximate surface area is 174 Å². The van der Waals surface area contributed by atoms with Gasteiger partial charge in [0.25, 0.3) is 0 Å². The first-order valence-electron chi connectivity index (χ1n) is 9.42. The molecule has 0 aromatic heterocycles. The number of hydrogen-bond acceptors (Lipinski definition) is 5. The molecule has 1 aliphatic rings. The van der Waals surface area contributed by atoms with Crippen LogP contribution >= 0.6 is 0 Å². The maximum atomic E-state index is 14.0. The van der Waals surface area contributed by atoms with Gasteiger partial charge in [0.2, 0.25) is 0 Å². The van der Waals surface area contributed by atoms with Gasteiger partial charge in [-0.2, -0.15) is 0 Å². The van der Waals surface area contributed by atoms with Crippen LogP contribution in [0.2, 0.25) is 0 Å². The van der Waals surface area contributed by atoms with Crippen LogP contribution in [0.25, 0.3) is 0 Å². The molecule has 1 atom stereocenters. The Hall–Kier alpha value is -3.55. The normalized spacial score (nSPS) is 16.2. The van der Waals surface area contributed by atoms with Crippen molar-refractivity contribution in [3.63, 3.8) is 0 Å². The molecule has 8 heteroatoms. The number of rotatable bonds is 7. The Morgan fingerprint density at radius 3 is 2.50 bits per heavy atom. The van der Waals surface area contributed by atoms with Crippen molar-refractivity contribution in [2.45, 2.75) is 13.0 Å². The monoisotopic (exact) mass is 414 g/mol. The van der Waals surface area contributed by atoms with E-state index >= 15 is 0 Å². The smallest absolute Gasteiger partial charge is 0.338 e. The van der Waals surface area contributed by atoms with E-state index < -0.39 is 23.9 Å². The summed E-state index contributed by atoms with van der Waals surface area (Å²) < 4.78 is 30.0. The highest BCUT2D eigenvalue weighted by molar-refractivity contribution is 5.95. The average molecular weight is 414 g/mol. The lowest BCUT2D eigenvalue weighted by atomic mass is 9.94. The summed E-state index contributed by atoms with van der Waals surface area (Å²) in [6.07, 6.45) is 0. The lowest BCUT2D eigenvalue weighted by molar-refractivity contribution is -0.139. The van der Waals surface area contributed by atoms with E-state index in [1.54, 1.807) is 50.4 Å². The van der Waals surface area contributed by atoms with Gasteiger partial charge in [-0.1, -0.05) is 24.3 Å². The van der Waals surface area contributed by atoms with Gasteiger partial charge in [0.15, 0.2) is 11.6 Å². The number of likely N-dealkylation sites (N-methyl/N-ethyl adjacent to an activating group) is 1. The zero-order valence-corrected chi connectivity index (χ0v) is 17.0. The van der Waals surface area contributed by atoms with Crippen LogP contribution in [0.5, 0.6) is 11.5 Å². The molecule has 2 aromatic carbocycles. The van der Waals surface area contributed by atoms with E-state index in [9.17, 15) is 14.0 Å². The van der Waals surface area contributed by atoms with Crippen molar-refractivity contribution in [3.8, 4) is 11.5 Å². The molecule has 0 fully saturated rings. The maximum Gasteiger partial charge on any atom is 0.338 e. The minimum absolute atomic E-state index is 0.0218. The fourth-order valence-corrected chi connectivity index (χ4v) is 3.14. The predicted molar refractivity (Wildman–Crippen MR) is 108 cm³/mol. The first-order chi connectivity index (χ1) is 14.5. The van der Waals surface area contributed by atoms with Crippen molar-refractivity contribution in [2.75, 3.05) is 27.4 Å². The van der Waals surface area contributed by atoms with Gasteiger partial charge in [-0.3, -0.25) is 4.90 Å². The molecule has 1 heterocycles. The highest BCUT2D eigenvalue weighted by Gasteiger charge is 2.37. The fraction of sp³-hybridized carbons (Fsp3) is 0.273. The molecule has 2 aromatic rings. The van der Waals surface area contributed by atoms with Crippen LogP contribution in [0.3, 0.4) is 0 Å². The van der Waals surface area contributed by atoms with Gasteiger partial charge in [-0.05, 0) is 36.8 Å². The van der Waals surface area contributed by atoms with E-state index in [1.165, 1.54) is 24.1 Å². The highest BCUT2D eigenvalue weighted by atomic mass is 19.1. The Kier molecular flexibility index (Phi) is 6.56. The van der Waals surface area contributed by atoms with Gasteiger partial charge < -0.3 is 19.5 Å². The van der Waals surface area contributed by atoms with Crippen molar-refractivity contribution in [3.05, 3.63) is 71.2 Å². The van der Waals surface area contributed by atoms with Crippen LogP contribution in [-0.4, -0.2) is 44.3 Å². The van der Waals surface area contributed by atoms with Gasteiger partial charge in [-0.15, -0.1) is 0 Å². The van der Waals surface area contributed by atoms with Crippen molar-refractivity contribution in [1.29, 1.82) is 0 Å². The molecule has 0 bridgehead atoms. The third-order valence-corrected chi connectivity index (χ3v) is 4.72. The summed E-state index contributed by atoms with van der Waals surface area (Å²) in [6, 6.07) is 11.7. The number of amides is 2. The third-order valence-electron chi connectivity index (χ3n) is 4.72. The van der Waals surface area contributed by atoms with E-state index in [4.69, 9.17) is 14.2 Å². The minimum atomic E-state index is -0.752. The second kappa shape index (κ2) is 9.30. The van der Waals surface area contributed by atoms with Crippen LogP contribution in [0.15, 0.2) is 59.8 Å². The van der Waals surface area contributed by atoms with Crippen molar-refractivity contribution in [2.24, 2.45) is 0 Å². The number of carbonyl (C=O) groups is 2. The van der Waals surface area contributed by atoms with Crippen LogP contribution in [0, 0.1) is 5.82 Å². The van der Waals surface area contributed by atoms with Crippen LogP contribution in [0.1, 0.15) is 18.5 Å². The molecule has 0 aliphatic carbocycles. The number of urea groups is 1. The van der Waals surface area contributed by atoms with E-state index in [-0.39, 0.29) is 24.5 Å². The van der Waals surface area contributed by atoms with Crippen LogP contribution < -0.4 is 14.8 Å². The Balaban J connectivity index is 2.03. The molecule has 1 N–H and O–H groups in total. The number of nitrogens with zero attached hydrogens (tertiary/aromatic N) is 1. The number of esters is 1. The molecule has 30 heavy (non-hydrogen) atoms. The Morgan fingerprint density at radius 2 is 1.87 bits per heavy atom. The molecular formula is C22H23FN2O5. The van der Waals surface area contributed by atoms with Crippen molar-refractivity contribution >= 4 is 12.0 Å². The number of carbonyl (C=O) groups excluding carboxylic acids is 2. The number of halogens is 1. The topological polar surface area (TPSA) is 77.1 Å². The first-order valence-corrected chi connectivity index (χ1v) is 9.42. The second-order valence-corrected chi connectivity index (χ2v) is 6.51. The van der Waals surface area contributed by atoms with Crippen molar-refractivity contribution < 1.29 is 28.2 Å². The number of para-hydroxylation sites is 1. The molecule has 158 valence electrons. The fourth-order valence-electron chi connectivity index (χ4n) is 3.14. The number of benzene rings is 2. The number of methoxy groups -OCH3 is 1. The van der Waals surface area contributed by atoms with Crippen LogP contribution in [-0.2, 0) is 9.53 Å². The molecule has 0 unspecified atom stereocenters. The first kappa shape index (κ1) is 21.2. The molecule has 0 spiro atoms. The van der Waals surface area contributed by atoms with E-state index in [1.807, 2.05) is 0 Å². The molecule has 0 saturated carbocycles. The van der Waals surface area contributed by atoms with Gasteiger partial charge in [0.1, 0.15) is 12.4 Å². The van der Waals surface area contributed by atoms with E-state index in [0.29, 0.717) is 17.0 Å². The second-order valence-electron chi connectivity index (χ2n) is 6.51. The molecular weight excluding hydrogens is 391 g/mol. The molecule has 0 radical (unpaired) electrons. The third kappa shape index (κ3) is 4.37. The standard InChI is InChI=1S/C22H23FN2O5/c1-4-29-21(26)19-17(13-30-18-8-6-5-7-16(18)23)25(2)22(27)24-20(19)14-9-11-15(28-3)12-10-14/h5-12,20H,4,13H2,1-3H3,(H,24,27)/t20-/m1/s1. The average Bonchev–Trinajstić information content (AvgIpc) is 2.75. The number of nitrogens with one attached hydrogen (secondary N) is 1. The van der Waals surface area contributed by atoms with E-state index in [0.717, 1.165) is 0 Å². The summed E-state index contributed by atoms with van der Waals surface area (Å²) in [5, 5.41) is 2.81. The summed E-state index contributed by atoms with van der Waals surface area (Å²) in [7, 11) is 3.06. The summed E-state index contributed by atoms with van der Waals surface area (Å²) in [5.41, 5.74) is 1.19. The zero-order valence-electron chi connectivity index (χ0n) is 17.0. The largest absolute Gasteiger partial charge is 0.497 e. The van der Waals surface area contributed by atoms with E-state index in [2.05, 4.69) is 5.32 Å². The quantitative estimate of drug-likeness (QED) is 0.703.